The minimum absolute atomic E-state index is 0.281. The molecule has 0 aromatic heterocycles. The highest BCUT2D eigenvalue weighted by atomic mass is 19.2. The van der Waals surface area contributed by atoms with Crippen LogP contribution in [0.15, 0.2) is 18.2 Å². The largest absolute Gasteiger partial charge is 0.392 e. The third kappa shape index (κ3) is 3.25. The summed E-state index contributed by atoms with van der Waals surface area (Å²) in [7, 11) is 0. The molecule has 0 amide bonds. The van der Waals surface area contributed by atoms with Crippen LogP contribution in [0.2, 0.25) is 0 Å². The molecular formula is C12H17F2NO. The lowest BCUT2D eigenvalue weighted by atomic mass is 10.1. The van der Waals surface area contributed by atoms with Crippen LogP contribution in [0.4, 0.5) is 8.78 Å². The molecule has 1 aromatic rings. The summed E-state index contributed by atoms with van der Waals surface area (Å²) in [6, 6.07) is 3.78. The third-order valence-electron chi connectivity index (χ3n) is 2.58. The number of hydrogen-bond acceptors (Lipinski definition) is 2. The van der Waals surface area contributed by atoms with E-state index in [4.69, 9.17) is 0 Å². The Morgan fingerprint density at radius 2 is 2.06 bits per heavy atom. The van der Waals surface area contributed by atoms with Crippen LogP contribution in [0.3, 0.4) is 0 Å². The van der Waals surface area contributed by atoms with Gasteiger partial charge >= 0.3 is 0 Å². The molecule has 0 aliphatic heterocycles. The summed E-state index contributed by atoms with van der Waals surface area (Å²) >= 11 is 0. The fourth-order valence-corrected chi connectivity index (χ4v) is 1.42. The van der Waals surface area contributed by atoms with E-state index in [-0.39, 0.29) is 11.6 Å². The molecule has 0 spiro atoms. The molecule has 0 saturated heterocycles. The molecule has 2 N–H and O–H groups in total. The maximum Gasteiger partial charge on any atom is 0.163 e. The number of benzene rings is 1. The molecule has 1 unspecified atom stereocenters. The second-order valence-corrected chi connectivity index (χ2v) is 3.84. The Morgan fingerprint density at radius 3 is 2.69 bits per heavy atom. The summed E-state index contributed by atoms with van der Waals surface area (Å²) in [5, 5.41) is 12.3. The number of aliphatic hydroxyl groups excluding tert-OH is 1. The van der Waals surface area contributed by atoms with Crippen molar-refractivity contribution in [3.63, 3.8) is 0 Å². The topological polar surface area (TPSA) is 32.3 Å². The SMILES string of the molecule is CC[C@@H](O)CNC(C)c1cccc(F)c1F. The Hall–Kier alpha value is -1.00. The molecular weight excluding hydrogens is 212 g/mol. The molecule has 1 rings (SSSR count). The highest BCUT2D eigenvalue weighted by Crippen LogP contribution is 2.18. The Morgan fingerprint density at radius 1 is 1.38 bits per heavy atom. The summed E-state index contributed by atoms with van der Waals surface area (Å²) in [4.78, 5) is 0. The lowest BCUT2D eigenvalue weighted by Gasteiger charge is -2.17. The van der Waals surface area contributed by atoms with E-state index in [0.717, 1.165) is 6.07 Å². The van der Waals surface area contributed by atoms with Gasteiger partial charge < -0.3 is 10.4 Å². The van der Waals surface area contributed by atoms with Gasteiger partial charge in [0.05, 0.1) is 6.10 Å². The van der Waals surface area contributed by atoms with Gasteiger partial charge in [-0.15, -0.1) is 0 Å². The molecule has 0 bridgehead atoms. The molecule has 0 radical (unpaired) electrons. The normalized spacial score (nSPS) is 14.8. The minimum atomic E-state index is -0.845. The number of nitrogens with one attached hydrogen (secondary N) is 1. The molecule has 0 fully saturated rings. The van der Waals surface area contributed by atoms with E-state index in [9.17, 15) is 13.9 Å². The van der Waals surface area contributed by atoms with Crippen molar-refractivity contribution >= 4 is 0 Å². The first-order valence-electron chi connectivity index (χ1n) is 5.41. The van der Waals surface area contributed by atoms with E-state index in [2.05, 4.69) is 5.32 Å². The summed E-state index contributed by atoms with van der Waals surface area (Å²) < 4.78 is 26.3. The van der Waals surface area contributed by atoms with Crippen LogP contribution in [0.5, 0.6) is 0 Å². The van der Waals surface area contributed by atoms with Crippen LogP contribution in [0.1, 0.15) is 31.9 Å². The molecule has 0 saturated carbocycles. The van der Waals surface area contributed by atoms with Crippen molar-refractivity contribution in [2.24, 2.45) is 0 Å². The molecule has 2 atom stereocenters. The maximum absolute atomic E-state index is 13.4. The van der Waals surface area contributed by atoms with E-state index in [1.165, 1.54) is 12.1 Å². The maximum atomic E-state index is 13.4. The van der Waals surface area contributed by atoms with Gasteiger partial charge in [0, 0.05) is 18.2 Å². The smallest absolute Gasteiger partial charge is 0.163 e. The van der Waals surface area contributed by atoms with Gasteiger partial charge in [0.15, 0.2) is 11.6 Å². The van der Waals surface area contributed by atoms with Crippen molar-refractivity contribution in [1.82, 2.24) is 5.32 Å². The Kier molecular flexibility index (Phi) is 4.83. The molecule has 0 heterocycles. The molecule has 0 aliphatic carbocycles. The Balaban J connectivity index is 2.66. The monoisotopic (exact) mass is 229 g/mol. The third-order valence-corrected chi connectivity index (χ3v) is 2.58. The first-order chi connectivity index (χ1) is 7.56. The van der Waals surface area contributed by atoms with Crippen molar-refractivity contribution < 1.29 is 13.9 Å². The predicted molar refractivity (Wildman–Crippen MR) is 59.1 cm³/mol. The quantitative estimate of drug-likeness (QED) is 0.812. The van der Waals surface area contributed by atoms with Crippen LogP contribution in [-0.4, -0.2) is 17.8 Å². The van der Waals surface area contributed by atoms with E-state index in [0.29, 0.717) is 13.0 Å². The van der Waals surface area contributed by atoms with Gasteiger partial charge in [0.1, 0.15) is 0 Å². The van der Waals surface area contributed by atoms with Gasteiger partial charge in [-0.1, -0.05) is 19.1 Å². The van der Waals surface area contributed by atoms with E-state index in [1.54, 1.807) is 6.92 Å². The van der Waals surface area contributed by atoms with Crippen LogP contribution in [-0.2, 0) is 0 Å². The molecule has 90 valence electrons. The van der Waals surface area contributed by atoms with Gasteiger partial charge in [0.2, 0.25) is 0 Å². The summed E-state index contributed by atoms with van der Waals surface area (Å²) in [6.07, 6.45) is 0.171. The second-order valence-electron chi connectivity index (χ2n) is 3.84. The van der Waals surface area contributed by atoms with Crippen LogP contribution < -0.4 is 5.32 Å². The highest BCUT2D eigenvalue weighted by molar-refractivity contribution is 5.21. The fraction of sp³-hybridized carbons (Fsp3) is 0.500. The van der Waals surface area contributed by atoms with E-state index < -0.39 is 17.7 Å². The van der Waals surface area contributed by atoms with Gasteiger partial charge in [-0.2, -0.15) is 0 Å². The highest BCUT2D eigenvalue weighted by Gasteiger charge is 2.14. The molecule has 4 heteroatoms. The van der Waals surface area contributed by atoms with Crippen LogP contribution in [0.25, 0.3) is 0 Å². The molecule has 2 nitrogen and oxygen atoms in total. The van der Waals surface area contributed by atoms with Crippen molar-refractivity contribution in [3.05, 3.63) is 35.4 Å². The van der Waals surface area contributed by atoms with Crippen molar-refractivity contribution in [2.75, 3.05) is 6.54 Å². The first kappa shape index (κ1) is 13.1. The minimum Gasteiger partial charge on any atom is -0.392 e. The van der Waals surface area contributed by atoms with Crippen LogP contribution >= 0.6 is 0 Å². The summed E-state index contributed by atoms with van der Waals surface area (Å²) in [6.45, 7) is 3.97. The van der Waals surface area contributed by atoms with Crippen molar-refractivity contribution in [2.45, 2.75) is 32.4 Å². The molecule has 1 aromatic carbocycles. The first-order valence-corrected chi connectivity index (χ1v) is 5.41. The average molecular weight is 229 g/mol. The zero-order chi connectivity index (χ0) is 12.1. The lowest BCUT2D eigenvalue weighted by Crippen LogP contribution is -2.29. The van der Waals surface area contributed by atoms with E-state index >= 15 is 0 Å². The van der Waals surface area contributed by atoms with E-state index in [1.807, 2.05) is 6.92 Å². The van der Waals surface area contributed by atoms with Gasteiger partial charge in [0.25, 0.3) is 0 Å². The zero-order valence-electron chi connectivity index (χ0n) is 9.50. The van der Waals surface area contributed by atoms with Crippen LogP contribution in [0, 0.1) is 11.6 Å². The average Bonchev–Trinajstić information content (AvgIpc) is 2.29. The van der Waals surface area contributed by atoms with Gasteiger partial charge in [-0.3, -0.25) is 0 Å². The van der Waals surface area contributed by atoms with Crippen molar-refractivity contribution in [3.8, 4) is 0 Å². The van der Waals surface area contributed by atoms with Gasteiger partial charge in [-0.25, -0.2) is 8.78 Å². The number of aliphatic hydroxyl groups is 1. The number of halogens is 2. The second kappa shape index (κ2) is 5.92. The predicted octanol–water partition coefficient (Wildman–Crippen LogP) is 2.39. The summed E-state index contributed by atoms with van der Waals surface area (Å²) in [5.74, 6) is -1.67. The summed E-state index contributed by atoms with van der Waals surface area (Å²) in [5.41, 5.74) is 0.281. The molecule has 16 heavy (non-hydrogen) atoms. The van der Waals surface area contributed by atoms with Gasteiger partial charge in [-0.05, 0) is 19.4 Å². The van der Waals surface area contributed by atoms with Crippen molar-refractivity contribution in [1.29, 1.82) is 0 Å². The fourth-order valence-electron chi connectivity index (χ4n) is 1.42. The standard InChI is InChI=1S/C12H17F2NO/c1-3-9(16)7-15-8(2)10-5-4-6-11(13)12(10)14/h4-6,8-9,15-16H,3,7H2,1-2H3/t8?,9-/m1/s1. The number of rotatable bonds is 5. The molecule has 0 aliphatic rings. The Bertz CT molecular complexity index is 344. The Labute approximate surface area is 94.3 Å². The zero-order valence-corrected chi connectivity index (χ0v) is 9.50. The number of hydrogen-bond donors (Lipinski definition) is 2. The lowest BCUT2D eigenvalue weighted by molar-refractivity contribution is 0.163.